The summed E-state index contributed by atoms with van der Waals surface area (Å²) < 4.78 is 34.4. The van der Waals surface area contributed by atoms with Gasteiger partial charge in [-0.2, -0.15) is 4.31 Å². The number of para-hydroxylation sites is 1. The Bertz CT molecular complexity index is 1030. The summed E-state index contributed by atoms with van der Waals surface area (Å²) in [5.41, 5.74) is 1.04. The van der Waals surface area contributed by atoms with E-state index in [1.165, 1.54) is 32.5 Å². The molecule has 0 saturated carbocycles. The first-order valence-electron chi connectivity index (χ1n) is 8.55. The van der Waals surface area contributed by atoms with Crippen LogP contribution in [0.15, 0.2) is 41.4 Å². The summed E-state index contributed by atoms with van der Waals surface area (Å²) in [4.78, 5) is 16.9. The van der Waals surface area contributed by atoms with Crippen LogP contribution in [0.25, 0.3) is 10.2 Å². The van der Waals surface area contributed by atoms with Gasteiger partial charge < -0.3 is 9.30 Å². The molecule has 0 aliphatic carbocycles. The van der Waals surface area contributed by atoms with Crippen molar-refractivity contribution in [2.75, 3.05) is 13.1 Å². The molecule has 9 heteroatoms. The van der Waals surface area contributed by atoms with E-state index in [-0.39, 0.29) is 17.2 Å². The van der Waals surface area contributed by atoms with Crippen molar-refractivity contribution < 1.29 is 17.9 Å². The summed E-state index contributed by atoms with van der Waals surface area (Å²) in [6.07, 6.45) is 1.43. The van der Waals surface area contributed by atoms with Gasteiger partial charge in [-0.15, -0.1) is 11.3 Å². The van der Waals surface area contributed by atoms with Gasteiger partial charge in [-0.3, -0.25) is 0 Å². The monoisotopic (exact) mass is 407 g/mol. The number of aromatic nitrogens is 2. The number of benzene rings is 1. The lowest BCUT2D eigenvalue weighted by atomic mass is 10.3. The lowest BCUT2D eigenvalue weighted by molar-refractivity contribution is 0.0461. The number of carbonyl (C=O) groups is 1. The molecule has 0 bridgehead atoms. The normalized spacial score (nSPS) is 12.0. The molecule has 0 aliphatic heterocycles. The van der Waals surface area contributed by atoms with E-state index in [0.29, 0.717) is 18.1 Å². The largest absolute Gasteiger partial charge is 0.454 e. The number of hydrogen-bond acceptors (Lipinski definition) is 6. The Labute approximate surface area is 162 Å². The molecule has 0 unspecified atom stereocenters. The third-order valence-corrected chi connectivity index (χ3v) is 7.22. The first-order chi connectivity index (χ1) is 12.9. The van der Waals surface area contributed by atoms with Crippen LogP contribution in [-0.2, 0) is 28.4 Å². The standard InChI is InChI=1S/C18H21N3O4S2/c1-4-21(5-2)27(23,24)13-10-15(20(3)11-13)18(22)25-12-17-19-14-8-6-7-9-16(14)26-17/h6-11H,4-5,12H2,1-3H3. The summed E-state index contributed by atoms with van der Waals surface area (Å²) in [6, 6.07) is 9.05. The molecule has 2 heterocycles. The van der Waals surface area contributed by atoms with E-state index in [9.17, 15) is 13.2 Å². The predicted octanol–water partition coefficient (Wildman–Crippen LogP) is 3.02. The average molecular weight is 408 g/mol. The van der Waals surface area contributed by atoms with Crippen LogP contribution in [0, 0.1) is 0 Å². The van der Waals surface area contributed by atoms with Gasteiger partial charge in [0.25, 0.3) is 0 Å². The van der Waals surface area contributed by atoms with Crippen molar-refractivity contribution in [3.8, 4) is 0 Å². The average Bonchev–Trinajstić information content (AvgIpc) is 3.24. The summed E-state index contributed by atoms with van der Waals surface area (Å²) in [6.45, 7) is 4.33. The summed E-state index contributed by atoms with van der Waals surface area (Å²) in [5, 5.41) is 0.690. The molecule has 0 N–H and O–H groups in total. The maximum atomic E-state index is 12.6. The predicted molar refractivity (Wildman–Crippen MR) is 104 cm³/mol. The molecule has 0 radical (unpaired) electrons. The highest BCUT2D eigenvalue weighted by Crippen LogP contribution is 2.23. The Kier molecular flexibility index (Phi) is 5.64. The van der Waals surface area contributed by atoms with Gasteiger partial charge >= 0.3 is 5.97 Å². The van der Waals surface area contributed by atoms with E-state index in [2.05, 4.69) is 4.98 Å². The van der Waals surface area contributed by atoms with Crippen molar-refractivity contribution >= 4 is 37.5 Å². The Morgan fingerprint density at radius 2 is 1.96 bits per heavy atom. The van der Waals surface area contributed by atoms with Crippen LogP contribution in [0.2, 0.25) is 0 Å². The Morgan fingerprint density at radius 1 is 1.26 bits per heavy atom. The number of aryl methyl sites for hydroxylation is 1. The van der Waals surface area contributed by atoms with Gasteiger partial charge in [0.15, 0.2) is 0 Å². The molecular formula is C18H21N3O4S2. The second-order valence-corrected chi connectivity index (χ2v) is 8.97. The maximum Gasteiger partial charge on any atom is 0.355 e. The molecular weight excluding hydrogens is 386 g/mol. The van der Waals surface area contributed by atoms with Gasteiger partial charge in [0, 0.05) is 26.3 Å². The Balaban J connectivity index is 1.76. The number of thiazole rings is 1. The lowest BCUT2D eigenvalue weighted by Crippen LogP contribution is -2.30. The third-order valence-electron chi connectivity index (χ3n) is 4.20. The van der Waals surface area contributed by atoms with E-state index < -0.39 is 16.0 Å². The SMILES string of the molecule is CCN(CC)S(=O)(=O)c1cc(C(=O)OCc2nc3ccccc3s2)n(C)c1. The van der Waals surface area contributed by atoms with Crippen molar-refractivity contribution in [1.82, 2.24) is 13.9 Å². The van der Waals surface area contributed by atoms with E-state index in [4.69, 9.17) is 4.74 Å². The fraction of sp³-hybridized carbons (Fsp3) is 0.333. The molecule has 0 amide bonds. The molecule has 7 nitrogen and oxygen atoms in total. The molecule has 0 spiro atoms. The number of rotatable bonds is 7. The first kappa shape index (κ1) is 19.5. The highest BCUT2D eigenvalue weighted by atomic mass is 32.2. The number of esters is 1. The van der Waals surface area contributed by atoms with Crippen molar-refractivity contribution in [2.24, 2.45) is 7.05 Å². The molecule has 144 valence electrons. The molecule has 27 heavy (non-hydrogen) atoms. The van der Waals surface area contributed by atoms with Crippen molar-refractivity contribution in [1.29, 1.82) is 0 Å². The van der Waals surface area contributed by atoms with E-state index in [0.717, 1.165) is 10.2 Å². The van der Waals surface area contributed by atoms with E-state index in [1.807, 2.05) is 24.3 Å². The molecule has 0 atom stereocenters. The third kappa shape index (κ3) is 3.90. The second-order valence-electron chi connectivity index (χ2n) is 5.91. The molecule has 1 aromatic carbocycles. The minimum atomic E-state index is -3.63. The van der Waals surface area contributed by atoms with Gasteiger partial charge in [0.05, 0.1) is 10.2 Å². The molecule has 0 saturated heterocycles. The highest BCUT2D eigenvalue weighted by Gasteiger charge is 2.26. The van der Waals surface area contributed by atoms with Crippen molar-refractivity contribution in [2.45, 2.75) is 25.3 Å². The van der Waals surface area contributed by atoms with Crippen LogP contribution >= 0.6 is 11.3 Å². The minimum absolute atomic E-state index is 0.0431. The molecule has 0 fully saturated rings. The zero-order chi connectivity index (χ0) is 19.6. The van der Waals surface area contributed by atoms with E-state index in [1.54, 1.807) is 20.9 Å². The van der Waals surface area contributed by atoms with E-state index >= 15 is 0 Å². The van der Waals surface area contributed by atoms with Gasteiger partial charge in [-0.1, -0.05) is 26.0 Å². The topological polar surface area (TPSA) is 81.5 Å². The molecule has 3 aromatic rings. The molecule has 3 rings (SSSR count). The number of ether oxygens (including phenoxy) is 1. The van der Waals surface area contributed by atoms with Crippen LogP contribution < -0.4 is 0 Å². The summed E-state index contributed by atoms with van der Waals surface area (Å²) in [7, 11) is -2.01. The lowest BCUT2D eigenvalue weighted by Gasteiger charge is -2.17. The fourth-order valence-corrected chi connectivity index (χ4v) is 5.18. The van der Waals surface area contributed by atoms with Gasteiger partial charge in [-0.05, 0) is 18.2 Å². The number of hydrogen-bond donors (Lipinski definition) is 0. The van der Waals surface area contributed by atoms with Crippen molar-refractivity contribution in [3.63, 3.8) is 0 Å². The minimum Gasteiger partial charge on any atom is -0.454 e. The van der Waals surface area contributed by atoms with Crippen LogP contribution in [0.3, 0.4) is 0 Å². The maximum absolute atomic E-state index is 12.6. The number of carbonyl (C=O) groups excluding carboxylic acids is 1. The highest BCUT2D eigenvalue weighted by molar-refractivity contribution is 7.89. The van der Waals surface area contributed by atoms with Gasteiger partial charge in [-0.25, -0.2) is 18.2 Å². The zero-order valence-corrected chi connectivity index (χ0v) is 17.0. The van der Waals surface area contributed by atoms with Crippen LogP contribution in [0.5, 0.6) is 0 Å². The zero-order valence-electron chi connectivity index (χ0n) is 15.4. The van der Waals surface area contributed by atoms with Crippen LogP contribution in [0.4, 0.5) is 0 Å². The van der Waals surface area contributed by atoms with Crippen LogP contribution in [-0.4, -0.2) is 41.3 Å². The summed E-state index contributed by atoms with van der Waals surface area (Å²) in [5.74, 6) is -0.585. The number of nitrogens with zero attached hydrogens (tertiary/aromatic N) is 3. The molecule has 2 aromatic heterocycles. The Hall–Kier alpha value is -2.23. The smallest absolute Gasteiger partial charge is 0.355 e. The van der Waals surface area contributed by atoms with Gasteiger partial charge in [0.2, 0.25) is 10.0 Å². The van der Waals surface area contributed by atoms with Crippen LogP contribution in [0.1, 0.15) is 29.3 Å². The Morgan fingerprint density at radius 3 is 2.63 bits per heavy atom. The summed E-state index contributed by atoms with van der Waals surface area (Å²) >= 11 is 1.46. The number of fused-ring (bicyclic) bond motifs is 1. The first-order valence-corrected chi connectivity index (χ1v) is 10.8. The molecule has 0 aliphatic rings. The van der Waals surface area contributed by atoms with Gasteiger partial charge in [0.1, 0.15) is 22.2 Å². The number of sulfonamides is 1. The second kappa shape index (κ2) is 7.79. The quantitative estimate of drug-likeness (QED) is 0.562. The fourth-order valence-electron chi connectivity index (χ4n) is 2.77. The van der Waals surface area contributed by atoms with Crippen molar-refractivity contribution in [3.05, 3.63) is 47.2 Å².